The Labute approximate surface area is 137 Å². The summed E-state index contributed by atoms with van der Waals surface area (Å²) in [5, 5.41) is 0.522. The molecule has 0 unspecified atom stereocenters. The molecule has 7 heteroatoms. The van der Waals surface area contributed by atoms with Crippen molar-refractivity contribution in [3.05, 3.63) is 33.3 Å². The van der Waals surface area contributed by atoms with Gasteiger partial charge in [0.25, 0.3) is 5.91 Å². The van der Waals surface area contributed by atoms with E-state index in [1.165, 1.54) is 0 Å². The molecule has 0 aliphatic carbocycles. The smallest absolute Gasteiger partial charge is 0.319 e. The van der Waals surface area contributed by atoms with E-state index in [1.54, 1.807) is 47.0 Å². The molecule has 5 nitrogen and oxygen atoms in total. The van der Waals surface area contributed by atoms with Gasteiger partial charge in [0.15, 0.2) is 0 Å². The molecular weight excluding hydrogens is 358 g/mol. The normalized spacial score (nSPS) is 15.0. The molecule has 1 aromatic carbocycles. The highest BCUT2D eigenvalue weighted by Crippen LogP contribution is 2.21. The summed E-state index contributed by atoms with van der Waals surface area (Å²) in [6.45, 7) is 2.15. The summed E-state index contributed by atoms with van der Waals surface area (Å²) in [6.07, 6.45) is 0. The van der Waals surface area contributed by atoms with Crippen molar-refractivity contribution in [3.63, 3.8) is 0 Å². The molecule has 21 heavy (non-hydrogen) atoms. The summed E-state index contributed by atoms with van der Waals surface area (Å²) < 4.78 is 0.778. The van der Waals surface area contributed by atoms with Gasteiger partial charge in [-0.1, -0.05) is 27.5 Å². The van der Waals surface area contributed by atoms with Gasteiger partial charge in [-0.25, -0.2) is 4.79 Å². The van der Waals surface area contributed by atoms with Crippen LogP contribution in [0.25, 0.3) is 0 Å². The Hall–Kier alpha value is -1.27. The summed E-state index contributed by atoms with van der Waals surface area (Å²) in [5.74, 6) is -0.0600. The van der Waals surface area contributed by atoms with Crippen molar-refractivity contribution in [2.45, 2.75) is 0 Å². The number of benzene rings is 1. The molecule has 1 aliphatic rings. The molecule has 0 bridgehead atoms. The number of hydrogen-bond donors (Lipinski definition) is 0. The van der Waals surface area contributed by atoms with Crippen LogP contribution < -0.4 is 0 Å². The fraction of sp³-hybridized carbons (Fsp3) is 0.429. The molecule has 0 saturated carbocycles. The minimum atomic E-state index is -0.0600. The molecule has 3 amide bonds. The molecule has 1 saturated heterocycles. The molecule has 0 aromatic heterocycles. The van der Waals surface area contributed by atoms with Gasteiger partial charge in [-0.05, 0) is 18.2 Å². The molecule has 0 radical (unpaired) electrons. The van der Waals surface area contributed by atoms with E-state index in [2.05, 4.69) is 15.9 Å². The van der Waals surface area contributed by atoms with E-state index in [0.717, 1.165) is 4.47 Å². The molecule has 2 rings (SSSR count). The first-order chi connectivity index (χ1) is 9.88. The second kappa shape index (κ2) is 6.66. The zero-order valence-electron chi connectivity index (χ0n) is 12.0. The second-order valence-electron chi connectivity index (χ2n) is 5.11. The van der Waals surface area contributed by atoms with Crippen molar-refractivity contribution in [3.8, 4) is 0 Å². The third-order valence-electron chi connectivity index (χ3n) is 3.33. The van der Waals surface area contributed by atoms with Crippen LogP contribution in [0.2, 0.25) is 5.02 Å². The first-order valence-corrected chi connectivity index (χ1v) is 7.77. The minimum Gasteiger partial charge on any atom is -0.335 e. The molecule has 0 spiro atoms. The van der Waals surface area contributed by atoms with E-state index < -0.39 is 0 Å². The highest BCUT2D eigenvalue weighted by Gasteiger charge is 2.25. The predicted molar refractivity (Wildman–Crippen MR) is 85.7 cm³/mol. The first kappa shape index (κ1) is 16.1. The Kier molecular flexibility index (Phi) is 5.11. The number of carbonyl (C=O) groups excluding carboxylic acids is 2. The van der Waals surface area contributed by atoms with Gasteiger partial charge in [0, 0.05) is 55.3 Å². The Morgan fingerprint density at radius 2 is 1.67 bits per heavy atom. The van der Waals surface area contributed by atoms with Crippen molar-refractivity contribution in [1.29, 1.82) is 0 Å². The number of urea groups is 1. The van der Waals surface area contributed by atoms with Crippen LogP contribution in [0.4, 0.5) is 4.79 Å². The molecule has 0 N–H and O–H groups in total. The third kappa shape index (κ3) is 3.89. The lowest BCUT2D eigenvalue weighted by Crippen LogP contribution is -2.52. The number of amides is 3. The Balaban J connectivity index is 2.02. The lowest BCUT2D eigenvalue weighted by atomic mass is 10.2. The van der Waals surface area contributed by atoms with Gasteiger partial charge in [-0.3, -0.25) is 4.79 Å². The van der Waals surface area contributed by atoms with Crippen LogP contribution in [0, 0.1) is 0 Å². The van der Waals surface area contributed by atoms with E-state index in [9.17, 15) is 9.59 Å². The number of nitrogens with zero attached hydrogens (tertiary/aromatic N) is 3. The van der Waals surface area contributed by atoms with Crippen molar-refractivity contribution in [2.75, 3.05) is 40.3 Å². The number of piperazine rings is 1. The number of halogens is 2. The van der Waals surface area contributed by atoms with E-state index in [0.29, 0.717) is 36.8 Å². The average Bonchev–Trinajstić information content (AvgIpc) is 2.44. The van der Waals surface area contributed by atoms with Crippen LogP contribution >= 0.6 is 27.5 Å². The standard InChI is InChI=1S/C14H17BrClN3O2/c1-17(2)14(21)19-5-3-18(4-6-19)13(20)10-7-11(15)9-12(16)8-10/h7-9H,3-6H2,1-2H3. The summed E-state index contributed by atoms with van der Waals surface area (Å²) in [4.78, 5) is 29.3. The maximum Gasteiger partial charge on any atom is 0.319 e. The molecular formula is C14H17BrClN3O2. The van der Waals surface area contributed by atoms with Gasteiger partial charge in [0.05, 0.1) is 0 Å². The average molecular weight is 375 g/mol. The van der Waals surface area contributed by atoms with Crippen molar-refractivity contribution < 1.29 is 9.59 Å². The molecule has 1 heterocycles. The van der Waals surface area contributed by atoms with Crippen LogP contribution in [0.15, 0.2) is 22.7 Å². The Bertz CT molecular complexity index is 537. The van der Waals surface area contributed by atoms with Crippen molar-refractivity contribution in [2.24, 2.45) is 0 Å². The van der Waals surface area contributed by atoms with Crippen LogP contribution in [-0.4, -0.2) is 66.9 Å². The van der Waals surface area contributed by atoms with Gasteiger partial charge < -0.3 is 14.7 Å². The lowest BCUT2D eigenvalue weighted by Gasteiger charge is -2.36. The summed E-state index contributed by atoms with van der Waals surface area (Å²) >= 11 is 9.31. The fourth-order valence-electron chi connectivity index (χ4n) is 2.24. The molecule has 0 atom stereocenters. The molecule has 114 valence electrons. The van der Waals surface area contributed by atoms with Crippen LogP contribution in [-0.2, 0) is 0 Å². The maximum absolute atomic E-state index is 12.4. The highest BCUT2D eigenvalue weighted by molar-refractivity contribution is 9.10. The zero-order chi connectivity index (χ0) is 15.6. The topological polar surface area (TPSA) is 43.9 Å². The minimum absolute atomic E-state index is 0.0207. The van der Waals surface area contributed by atoms with Gasteiger partial charge in [0.1, 0.15) is 0 Å². The Morgan fingerprint density at radius 3 is 2.19 bits per heavy atom. The molecule has 1 aromatic rings. The summed E-state index contributed by atoms with van der Waals surface area (Å²) in [7, 11) is 3.45. The molecule has 1 fully saturated rings. The SMILES string of the molecule is CN(C)C(=O)N1CCN(C(=O)c2cc(Cl)cc(Br)c2)CC1. The quantitative estimate of drug-likeness (QED) is 0.758. The van der Waals surface area contributed by atoms with Gasteiger partial charge in [0.2, 0.25) is 0 Å². The number of rotatable bonds is 1. The van der Waals surface area contributed by atoms with Crippen LogP contribution in [0.3, 0.4) is 0 Å². The van der Waals surface area contributed by atoms with Gasteiger partial charge >= 0.3 is 6.03 Å². The monoisotopic (exact) mass is 373 g/mol. The van der Waals surface area contributed by atoms with E-state index in [4.69, 9.17) is 11.6 Å². The van der Waals surface area contributed by atoms with Gasteiger partial charge in [-0.2, -0.15) is 0 Å². The van der Waals surface area contributed by atoms with Crippen LogP contribution in [0.5, 0.6) is 0 Å². The number of hydrogen-bond acceptors (Lipinski definition) is 2. The largest absolute Gasteiger partial charge is 0.335 e. The zero-order valence-corrected chi connectivity index (χ0v) is 14.3. The van der Waals surface area contributed by atoms with Crippen molar-refractivity contribution >= 4 is 39.5 Å². The number of carbonyl (C=O) groups is 2. The second-order valence-corrected chi connectivity index (χ2v) is 6.47. The fourth-order valence-corrected chi connectivity index (χ4v) is 3.10. The van der Waals surface area contributed by atoms with E-state index in [1.807, 2.05) is 0 Å². The predicted octanol–water partition coefficient (Wildman–Crippen LogP) is 2.54. The third-order valence-corrected chi connectivity index (χ3v) is 4.01. The summed E-state index contributed by atoms with van der Waals surface area (Å²) in [6, 6.07) is 5.14. The summed E-state index contributed by atoms with van der Waals surface area (Å²) in [5.41, 5.74) is 0.557. The van der Waals surface area contributed by atoms with Crippen LogP contribution in [0.1, 0.15) is 10.4 Å². The first-order valence-electron chi connectivity index (χ1n) is 6.60. The maximum atomic E-state index is 12.4. The highest BCUT2D eigenvalue weighted by atomic mass is 79.9. The van der Waals surface area contributed by atoms with E-state index in [-0.39, 0.29) is 11.9 Å². The lowest BCUT2D eigenvalue weighted by molar-refractivity contribution is 0.0650. The van der Waals surface area contributed by atoms with Crippen molar-refractivity contribution in [1.82, 2.24) is 14.7 Å². The van der Waals surface area contributed by atoms with E-state index >= 15 is 0 Å². The van der Waals surface area contributed by atoms with Gasteiger partial charge in [-0.15, -0.1) is 0 Å². The Morgan fingerprint density at radius 1 is 1.10 bits per heavy atom. The molecule has 1 aliphatic heterocycles.